The highest BCUT2D eigenvalue weighted by molar-refractivity contribution is 7.19. The molecule has 3 heteroatoms. The van der Waals surface area contributed by atoms with Crippen LogP contribution in [-0.4, -0.2) is 6.29 Å². The summed E-state index contributed by atoms with van der Waals surface area (Å²) in [5.74, 6) is 0. The summed E-state index contributed by atoms with van der Waals surface area (Å²) in [6, 6.07) is 5.63. The molecular formula is C10H9NOS. The Morgan fingerprint density at radius 3 is 2.85 bits per heavy atom. The van der Waals surface area contributed by atoms with E-state index in [9.17, 15) is 4.79 Å². The fourth-order valence-corrected chi connectivity index (χ4v) is 2.39. The van der Waals surface area contributed by atoms with Gasteiger partial charge in [-0.3, -0.25) is 4.79 Å². The van der Waals surface area contributed by atoms with E-state index in [0.717, 1.165) is 16.4 Å². The van der Waals surface area contributed by atoms with Gasteiger partial charge in [0.05, 0.1) is 0 Å². The van der Waals surface area contributed by atoms with E-state index in [0.29, 0.717) is 11.3 Å². The number of fused-ring (bicyclic) bond motifs is 1. The summed E-state index contributed by atoms with van der Waals surface area (Å²) in [6.45, 7) is 2.03. The number of aryl methyl sites for hydroxylation is 1. The molecule has 1 heterocycles. The second-order valence-corrected chi connectivity index (χ2v) is 4.28. The topological polar surface area (TPSA) is 43.1 Å². The summed E-state index contributed by atoms with van der Waals surface area (Å²) in [7, 11) is 0. The lowest BCUT2D eigenvalue weighted by Crippen LogP contribution is -1.87. The van der Waals surface area contributed by atoms with Crippen molar-refractivity contribution in [2.24, 2.45) is 0 Å². The highest BCUT2D eigenvalue weighted by Gasteiger charge is 2.03. The first-order chi connectivity index (χ1) is 6.20. The smallest absolute Gasteiger partial charge is 0.150 e. The molecule has 2 aromatic rings. The number of rotatable bonds is 1. The molecule has 0 unspecified atom stereocenters. The van der Waals surface area contributed by atoms with Gasteiger partial charge < -0.3 is 5.73 Å². The molecule has 0 aliphatic rings. The van der Waals surface area contributed by atoms with Gasteiger partial charge in [-0.25, -0.2) is 0 Å². The predicted molar refractivity (Wildman–Crippen MR) is 56.4 cm³/mol. The highest BCUT2D eigenvalue weighted by atomic mass is 32.1. The first kappa shape index (κ1) is 8.26. The van der Waals surface area contributed by atoms with Gasteiger partial charge in [0.1, 0.15) is 6.29 Å². The van der Waals surface area contributed by atoms with Crippen molar-refractivity contribution in [2.75, 3.05) is 5.73 Å². The Bertz CT molecular complexity index is 473. The Balaban J connectivity index is 2.82. The van der Waals surface area contributed by atoms with Crippen molar-refractivity contribution in [3.8, 4) is 0 Å². The van der Waals surface area contributed by atoms with E-state index in [1.165, 1.54) is 4.88 Å². The average Bonchev–Trinajstić information content (AvgIpc) is 2.46. The Hall–Kier alpha value is -1.35. The molecule has 0 saturated carbocycles. The Morgan fingerprint density at radius 2 is 2.15 bits per heavy atom. The van der Waals surface area contributed by atoms with Crippen LogP contribution in [-0.2, 0) is 0 Å². The molecular weight excluding hydrogens is 182 g/mol. The molecule has 1 aromatic heterocycles. The molecule has 0 saturated heterocycles. The number of benzene rings is 1. The summed E-state index contributed by atoms with van der Waals surface area (Å²) in [6.07, 6.45) is 0.824. The minimum Gasteiger partial charge on any atom is -0.398 e. The summed E-state index contributed by atoms with van der Waals surface area (Å²) in [5, 5.41) is 1.05. The number of anilines is 1. The summed E-state index contributed by atoms with van der Waals surface area (Å²) >= 11 is 1.66. The number of nitrogen functional groups attached to an aromatic ring is 1. The third kappa shape index (κ3) is 1.31. The maximum absolute atomic E-state index is 10.6. The summed E-state index contributed by atoms with van der Waals surface area (Å²) in [4.78, 5) is 11.8. The summed E-state index contributed by atoms with van der Waals surface area (Å²) in [5.41, 5.74) is 7.12. The Morgan fingerprint density at radius 1 is 1.38 bits per heavy atom. The van der Waals surface area contributed by atoms with E-state index in [4.69, 9.17) is 5.73 Å². The lowest BCUT2D eigenvalue weighted by molar-refractivity contribution is 0.112. The molecule has 1 aromatic carbocycles. The SMILES string of the molecule is Cc1cc2c(N)cc(C=O)cc2s1. The second kappa shape index (κ2) is 2.85. The number of nitrogens with two attached hydrogens (primary N) is 1. The minimum absolute atomic E-state index is 0.645. The standard InChI is InChI=1S/C10H9NOS/c1-6-2-8-9(11)3-7(5-12)4-10(8)13-6/h2-5H,11H2,1H3. The Kier molecular flexibility index (Phi) is 1.81. The molecule has 0 fully saturated rings. The van der Waals surface area contributed by atoms with Crippen LogP contribution in [0.15, 0.2) is 18.2 Å². The van der Waals surface area contributed by atoms with Crippen molar-refractivity contribution >= 4 is 33.4 Å². The fourth-order valence-electron chi connectivity index (χ4n) is 1.38. The van der Waals surface area contributed by atoms with Gasteiger partial charge in [0.25, 0.3) is 0 Å². The van der Waals surface area contributed by atoms with Gasteiger partial charge in [-0.2, -0.15) is 0 Å². The molecule has 0 amide bonds. The molecule has 13 heavy (non-hydrogen) atoms. The molecule has 0 aliphatic heterocycles. The maximum Gasteiger partial charge on any atom is 0.150 e. The van der Waals surface area contributed by atoms with E-state index in [1.54, 1.807) is 17.4 Å². The van der Waals surface area contributed by atoms with Crippen molar-refractivity contribution in [3.05, 3.63) is 28.6 Å². The molecule has 0 spiro atoms. The predicted octanol–water partition coefficient (Wildman–Crippen LogP) is 2.60. The van der Waals surface area contributed by atoms with Crippen LogP contribution in [0.5, 0.6) is 0 Å². The monoisotopic (exact) mass is 191 g/mol. The van der Waals surface area contributed by atoms with E-state index in [-0.39, 0.29) is 0 Å². The molecule has 2 rings (SSSR count). The third-order valence-electron chi connectivity index (χ3n) is 1.95. The number of thiophene rings is 1. The molecule has 0 atom stereocenters. The number of carbonyl (C=O) groups is 1. The van der Waals surface area contributed by atoms with Gasteiger partial charge in [-0.05, 0) is 25.1 Å². The van der Waals surface area contributed by atoms with Crippen molar-refractivity contribution in [1.29, 1.82) is 0 Å². The third-order valence-corrected chi connectivity index (χ3v) is 2.95. The number of hydrogen-bond acceptors (Lipinski definition) is 3. The van der Waals surface area contributed by atoms with Gasteiger partial charge >= 0.3 is 0 Å². The van der Waals surface area contributed by atoms with Gasteiger partial charge in [0.2, 0.25) is 0 Å². The van der Waals surface area contributed by atoms with Crippen LogP contribution in [0.4, 0.5) is 5.69 Å². The average molecular weight is 191 g/mol. The van der Waals surface area contributed by atoms with E-state index in [1.807, 2.05) is 19.1 Å². The second-order valence-electron chi connectivity index (χ2n) is 3.00. The van der Waals surface area contributed by atoms with Crippen LogP contribution in [0.3, 0.4) is 0 Å². The molecule has 2 N–H and O–H groups in total. The highest BCUT2D eigenvalue weighted by Crippen LogP contribution is 2.30. The van der Waals surface area contributed by atoms with Crippen molar-refractivity contribution in [1.82, 2.24) is 0 Å². The van der Waals surface area contributed by atoms with Gasteiger partial charge in [-0.15, -0.1) is 11.3 Å². The molecule has 2 nitrogen and oxygen atoms in total. The van der Waals surface area contributed by atoms with Crippen LogP contribution in [0.1, 0.15) is 15.2 Å². The number of carbonyl (C=O) groups excluding carboxylic acids is 1. The zero-order valence-electron chi connectivity index (χ0n) is 7.20. The van der Waals surface area contributed by atoms with Crippen LogP contribution in [0.2, 0.25) is 0 Å². The molecule has 66 valence electrons. The maximum atomic E-state index is 10.6. The summed E-state index contributed by atoms with van der Waals surface area (Å²) < 4.78 is 1.08. The first-order valence-corrected chi connectivity index (χ1v) is 4.77. The fraction of sp³-hybridized carbons (Fsp3) is 0.100. The normalized spacial score (nSPS) is 10.5. The van der Waals surface area contributed by atoms with Gasteiger partial charge in [0, 0.05) is 26.2 Å². The zero-order chi connectivity index (χ0) is 9.42. The lowest BCUT2D eigenvalue weighted by atomic mass is 10.1. The van der Waals surface area contributed by atoms with Gasteiger partial charge in [0.15, 0.2) is 0 Å². The number of hydrogen-bond donors (Lipinski definition) is 1. The molecule has 0 aliphatic carbocycles. The minimum atomic E-state index is 0.645. The Labute approximate surface area is 80.0 Å². The largest absolute Gasteiger partial charge is 0.398 e. The number of aldehydes is 1. The van der Waals surface area contributed by atoms with Gasteiger partial charge in [-0.1, -0.05) is 0 Å². The van der Waals surface area contributed by atoms with Crippen molar-refractivity contribution in [3.63, 3.8) is 0 Å². The van der Waals surface area contributed by atoms with E-state index >= 15 is 0 Å². The van der Waals surface area contributed by atoms with Crippen LogP contribution >= 0.6 is 11.3 Å². The molecule has 0 radical (unpaired) electrons. The van der Waals surface area contributed by atoms with Crippen LogP contribution in [0.25, 0.3) is 10.1 Å². The van der Waals surface area contributed by atoms with Crippen molar-refractivity contribution in [2.45, 2.75) is 6.92 Å². The van der Waals surface area contributed by atoms with Crippen molar-refractivity contribution < 1.29 is 4.79 Å². The molecule has 0 bridgehead atoms. The van der Waals surface area contributed by atoms with Crippen LogP contribution < -0.4 is 5.73 Å². The zero-order valence-corrected chi connectivity index (χ0v) is 8.02. The van der Waals surface area contributed by atoms with E-state index < -0.39 is 0 Å². The first-order valence-electron chi connectivity index (χ1n) is 3.95. The quantitative estimate of drug-likeness (QED) is 0.556. The van der Waals surface area contributed by atoms with Crippen LogP contribution in [0, 0.1) is 6.92 Å². The van der Waals surface area contributed by atoms with E-state index in [2.05, 4.69) is 0 Å². The lowest BCUT2D eigenvalue weighted by Gasteiger charge is -1.96.